The van der Waals surface area contributed by atoms with Gasteiger partial charge in [-0.1, -0.05) is 30.3 Å². The molecule has 146 valence electrons. The molecule has 0 bridgehead atoms. The van der Waals surface area contributed by atoms with Crippen LogP contribution < -0.4 is 0 Å². The van der Waals surface area contributed by atoms with Crippen molar-refractivity contribution >= 4 is 17.1 Å². The standard InChI is InChI=1S/C22H27N5O/c1-25(2)19-9-6-11-26(12-10-19)22(28)18-13-20-21(23-14-18)27(16-24-20)15-17-7-4-3-5-8-17/h3-5,7-8,13-14,16,19H,6,9-12,15H2,1-2H3. The molecule has 3 heterocycles. The quantitative estimate of drug-likeness (QED) is 0.701. The number of nitrogens with zero attached hydrogens (tertiary/aromatic N) is 5. The predicted molar refractivity (Wildman–Crippen MR) is 110 cm³/mol. The molecule has 1 aliphatic heterocycles. The average molecular weight is 377 g/mol. The summed E-state index contributed by atoms with van der Waals surface area (Å²) in [5.74, 6) is 0.0615. The van der Waals surface area contributed by atoms with Gasteiger partial charge in [0.05, 0.1) is 18.4 Å². The second-order valence-corrected chi connectivity index (χ2v) is 7.77. The van der Waals surface area contributed by atoms with Gasteiger partial charge in [-0.05, 0) is 45.0 Å². The number of benzene rings is 1. The zero-order valence-corrected chi connectivity index (χ0v) is 16.6. The maximum absolute atomic E-state index is 13.0. The zero-order valence-electron chi connectivity index (χ0n) is 16.6. The van der Waals surface area contributed by atoms with E-state index in [9.17, 15) is 4.79 Å². The van der Waals surface area contributed by atoms with Gasteiger partial charge in [0.15, 0.2) is 5.65 Å². The minimum Gasteiger partial charge on any atom is -0.339 e. The van der Waals surface area contributed by atoms with Crippen molar-refractivity contribution in [2.45, 2.75) is 31.8 Å². The van der Waals surface area contributed by atoms with Crippen LogP contribution in [0.25, 0.3) is 11.2 Å². The highest BCUT2D eigenvalue weighted by Gasteiger charge is 2.23. The molecule has 6 heteroatoms. The predicted octanol–water partition coefficient (Wildman–Crippen LogP) is 3.04. The van der Waals surface area contributed by atoms with E-state index in [0.29, 0.717) is 11.6 Å². The molecular weight excluding hydrogens is 350 g/mol. The molecule has 1 atom stereocenters. The first-order valence-corrected chi connectivity index (χ1v) is 9.92. The molecule has 0 spiro atoms. The van der Waals surface area contributed by atoms with Gasteiger partial charge in [0, 0.05) is 25.3 Å². The van der Waals surface area contributed by atoms with E-state index in [1.54, 1.807) is 12.5 Å². The van der Waals surface area contributed by atoms with Crippen LogP contribution in [0.1, 0.15) is 35.2 Å². The summed E-state index contributed by atoms with van der Waals surface area (Å²) in [7, 11) is 4.23. The maximum Gasteiger partial charge on any atom is 0.255 e. The largest absolute Gasteiger partial charge is 0.339 e. The van der Waals surface area contributed by atoms with Crippen LogP contribution >= 0.6 is 0 Å². The lowest BCUT2D eigenvalue weighted by Gasteiger charge is -2.23. The Morgan fingerprint density at radius 1 is 1.14 bits per heavy atom. The number of rotatable bonds is 4. The summed E-state index contributed by atoms with van der Waals surface area (Å²) >= 11 is 0. The molecule has 1 aliphatic rings. The summed E-state index contributed by atoms with van der Waals surface area (Å²) in [6.45, 7) is 2.32. The van der Waals surface area contributed by atoms with E-state index >= 15 is 0 Å². The van der Waals surface area contributed by atoms with E-state index in [1.807, 2.05) is 33.7 Å². The number of fused-ring (bicyclic) bond motifs is 1. The average Bonchev–Trinajstić information content (AvgIpc) is 2.94. The Kier molecular flexibility index (Phi) is 5.39. The molecule has 1 fully saturated rings. The number of carbonyl (C=O) groups excluding carboxylic acids is 1. The molecule has 2 aromatic heterocycles. The van der Waals surface area contributed by atoms with E-state index in [4.69, 9.17) is 0 Å². The molecule has 1 unspecified atom stereocenters. The first-order chi connectivity index (χ1) is 13.6. The van der Waals surface area contributed by atoms with Gasteiger partial charge in [-0.3, -0.25) is 4.79 Å². The normalized spacial score (nSPS) is 17.8. The number of amides is 1. The molecular formula is C22H27N5O. The first kappa shape index (κ1) is 18.6. The maximum atomic E-state index is 13.0. The molecule has 1 saturated heterocycles. The van der Waals surface area contributed by atoms with E-state index < -0.39 is 0 Å². The highest BCUT2D eigenvalue weighted by molar-refractivity contribution is 5.96. The number of likely N-dealkylation sites (tertiary alicyclic amines) is 1. The number of pyridine rings is 1. The summed E-state index contributed by atoms with van der Waals surface area (Å²) in [6.07, 6.45) is 6.68. The van der Waals surface area contributed by atoms with Gasteiger partial charge in [0.2, 0.25) is 0 Å². The van der Waals surface area contributed by atoms with Crippen molar-refractivity contribution in [3.63, 3.8) is 0 Å². The Balaban J connectivity index is 1.51. The summed E-state index contributed by atoms with van der Waals surface area (Å²) in [4.78, 5) is 26.3. The minimum atomic E-state index is 0.0615. The van der Waals surface area contributed by atoms with Gasteiger partial charge in [-0.15, -0.1) is 0 Å². The van der Waals surface area contributed by atoms with Gasteiger partial charge in [0.1, 0.15) is 5.52 Å². The van der Waals surface area contributed by atoms with Crippen molar-refractivity contribution < 1.29 is 4.79 Å². The smallest absolute Gasteiger partial charge is 0.255 e. The minimum absolute atomic E-state index is 0.0615. The third-order valence-electron chi connectivity index (χ3n) is 5.61. The van der Waals surface area contributed by atoms with Gasteiger partial charge < -0.3 is 14.4 Å². The van der Waals surface area contributed by atoms with Crippen LogP contribution in [0.4, 0.5) is 0 Å². The Bertz CT molecular complexity index is 950. The van der Waals surface area contributed by atoms with Crippen LogP contribution in [0.3, 0.4) is 0 Å². The van der Waals surface area contributed by atoms with Crippen molar-refractivity contribution in [2.24, 2.45) is 0 Å². The summed E-state index contributed by atoms with van der Waals surface area (Å²) < 4.78 is 2.02. The van der Waals surface area contributed by atoms with Crippen LogP contribution in [0.5, 0.6) is 0 Å². The second-order valence-electron chi connectivity index (χ2n) is 7.77. The molecule has 0 N–H and O–H groups in total. The third-order valence-corrected chi connectivity index (χ3v) is 5.61. The van der Waals surface area contributed by atoms with Crippen LogP contribution in [0.15, 0.2) is 48.9 Å². The van der Waals surface area contributed by atoms with Crippen molar-refractivity contribution in [2.75, 3.05) is 27.2 Å². The van der Waals surface area contributed by atoms with Gasteiger partial charge in [-0.2, -0.15) is 0 Å². The van der Waals surface area contributed by atoms with Gasteiger partial charge in [-0.25, -0.2) is 9.97 Å². The van der Waals surface area contributed by atoms with E-state index in [1.165, 1.54) is 5.56 Å². The molecule has 3 aromatic rings. The fourth-order valence-electron chi connectivity index (χ4n) is 3.94. The topological polar surface area (TPSA) is 54.3 Å². The first-order valence-electron chi connectivity index (χ1n) is 9.92. The number of hydrogen-bond acceptors (Lipinski definition) is 4. The Labute approximate surface area is 165 Å². The van der Waals surface area contributed by atoms with Gasteiger partial charge in [0.25, 0.3) is 5.91 Å². The van der Waals surface area contributed by atoms with Crippen LogP contribution in [-0.4, -0.2) is 63.5 Å². The van der Waals surface area contributed by atoms with E-state index in [-0.39, 0.29) is 5.91 Å². The number of hydrogen-bond donors (Lipinski definition) is 0. The van der Waals surface area contributed by atoms with E-state index in [2.05, 4.69) is 41.1 Å². The van der Waals surface area contributed by atoms with Crippen molar-refractivity contribution in [1.29, 1.82) is 0 Å². The van der Waals surface area contributed by atoms with Crippen molar-refractivity contribution in [1.82, 2.24) is 24.3 Å². The monoisotopic (exact) mass is 377 g/mol. The summed E-state index contributed by atoms with van der Waals surface area (Å²) in [6, 6.07) is 12.7. The second kappa shape index (κ2) is 8.10. The molecule has 1 aromatic carbocycles. The molecule has 1 amide bonds. The zero-order chi connectivity index (χ0) is 19.5. The molecule has 4 rings (SSSR count). The lowest BCUT2D eigenvalue weighted by molar-refractivity contribution is 0.0758. The summed E-state index contributed by atoms with van der Waals surface area (Å²) in [5, 5.41) is 0. The molecule has 0 aliphatic carbocycles. The third kappa shape index (κ3) is 3.92. The van der Waals surface area contributed by atoms with Crippen molar-refractivity contribution in [3.05, 3.63) is 60.0 Å². The fourth-order valence-corrected chi connectivity index (χ4v) is 3.94. The number of carbonyl (C=O) groups is 1. The number of aromatic nitrogens is 3. The molecule has 0 saturated carbocycles. The molecule has 0 radical (unpaired) electrons. The van der Waals surface area contributed by atoms with Crippen LogP contribution in [-0.2, 0) is 6.54 Å². The van der Waals surface area contributed by atoms with Crippen LogP contribution in [0, 0.1) is 0 Å². The number of imidazole rings is 1. The lowest BCUT2D eigenvalue weighted by atomic mass is 10.1. The molecule has 6 nitrogen and oxygen atoms in total. The fraction of sp³-hybridized carbons (Fsp3) is 0.409. The Morgan fingerprint density at radius 3 is 2.75 bits per heavy atom. The summed E-state index contributed by atoms with van der Waals surface area (Å²) in [5.41, 5.74) is 3.40. The highest BCUT2D eigenvalue weighted by Crippen LogP contribution is 2.19. The van der Waals surface area contributed by atoms with Crippen LogP contribution in [0.2, 0.25) is 0 Å². The van der Waals surface area contributed by atoms with E-state index in [0.717, 1.165) is 50.1 Å². The van der Waals surface area contributed by atoms with Gasteiger partial charge >= 0.3 is 0 Å². The SMILES string of the molecule is CN(C)C1CCCN(C(=O)c2cnc3c(c2)ncn3Cc2ccccc2)CC1. The Hall–Kier alpha value is -2.73. The molecule has 28 heavy (non-hydrogen) atoms. The lowest BCUT2D eigenvalue weighted by Crippen LogP contribution is -2.33. The highest BCUT2D eigenvalue weighted by atomic mass is 16.2. The van der Waals surface area contributed by atoms with Crippen molar-refractivity contribution in [3.8, 4) is 0 Å². The Morgan fingerprint density at radius 2 is 1.96 bits per heavy atom.